The molecule has 3 rings (SSSR count). The summed E-state index contributed by atoms with van der Waals surface area (Å²) in [6, 6.07) is 2.04. The SMILES string of the molecule is CC(C)C(=O)OC[C@@H]1C[C@H](N(C)C(C)C)CC[C@@H]1N1CC[C@H](NC(=O)c2cc(C(C)(C)C)nn2C)C1=O. The van der Waals surface area contributed by atoms with Crippen molar-refractivity contribution < 1.29 is 19.1 Å². The van der Waals surface area contributed by atoms with Crippen molar-refractivity contribution >= 4 is 17.8 Å². The van der Waals surface area contributed by atoms with E-state index < -0.39 is 6.04 Å². The number of nitrogens with one attached hydrogen (secondary N) is 1. The van der Waals surface area contributed by atoms with Crippen LogP contribution in [0.3, 0.4) is 0 Å². The van der Waals surface area contributed by atoms with Gasteiger partial charge in [-0.05, 0) is 52.6 Å². The Morgan fingerprint density at radius 3 is 2.43 bits per heavy atom. The van der Waals surface area contributed by atoms with Gasteiger partial charge in [-0.15, -0.1) is 0 Å². The lowest BCUT2D eigenvalue weighted by Gasteiger charge is -2.44. The summed E-state index contributed by atoms with van der Waals surface area (Å²) in [4.78, 5) is 43.1. The van der Waals surface area contributed by atoms with E-state index in [-0.39, 0.29) is 41.1 Å². The summed E-state index contributed by atoms with van der Waals surface area (Å²) in [6.45, 7) is 15.1. The van der Waals surface area contributed by atoms with Gasteiger partial charge in [0.25, 0.3) is 5.91 Å². The van der Waals surface area contributed by atoms with E-state index in [0.717, 1.165) is 25.0 Å². The zero-order chi connectivity index (χ0) is 27.7. The van der Waals surface area contributed by atoms with Gasteiger partial charge in [0.2, 0.25) is 5.91 Å². The maximum Gasteiger partial charge on any atom is 0.308 e. The van der Waals surface area contributed by atoms with Crippen LogP contribution in [0.1, 0.15) is 90.3 Å². The molecule has 4 atom stereocenters. The van der Waals surface area contributed by atoms with E-state index in [2.05, 4.69) is 57.0 Å². The lowest BCUT2D eigenvalue weighted by Crippen LogP contribution is -2.53. The van der Waals surface area contributed by atoms with Gasteiger partial charge in [-0.2, -0.15) is 5.10 Å². The monoisotopic (exact) mass is 517 g/mol. The van der Waals surface area contributed by atoms with Crippen molar-refractivity contribution in [3.63, 3.8) is 0 Å². The van der Waals surface area contributed by atoms with Crippen LogP contribution in [0.15, 0.2) is 6.07 Å². The van der Waals surface area contributed by atoms with E-state index >= 15 is 0 Å². The van der Waals surface area contributed by atoms with Gasteiger partial charge in [0.05, 0.1) is 18.2 Å². The first-order valence-electron chi connectivity index (χ1n) is 13.7. The minimum absolute atomic E-state index is 0.00428. The van der Waals surface area contributed by atoms with Gasteiger partial charge in [0.15, 0.2) is 0 Å². The summed E-state index contributed by atoms with van der Waals surface area (Å²) >= 11 is 0. The summed E-state index contributed by atoms with van der Waals surface area (Å²) < 4.78 is 7.26. The van der Waals surface area contributed by atoms with Crippen molar-refractivity contribution in [2.45, 2.75) is 104 Å². The molecule has 2 aliphatic rings. The van der Waals surface area contributed by atoms with Crippen LogP contribution >= 0.6 is 0 Å². The average molecular weight is 518 g/mol. The first-order valence-corrected chi connectivity index (χ1v) is 13.7. The molecule has 208 valence electrons. The molecule has 1 saturated heterocycles. The number of carbonyl (C=O) groups excluding carboxylic acids is 3. The number of rotatable bonds is 8. The fourth-order valence-corrected chi connectivity index (χ4v) is 5.40. The highest BCUT2D eigenvalue weighted by molar-refractivity contribution is 5.97. The topological polar surface area (TPSA) is 96.8 Å². The Bertz CT molecular complexity index is 980. The maximum absolute atomic E-state index is 13.5. The van der Waals surface area contributed by atoms with Crippen LogP contribution in [0.4, 0.5) is 0 Å². The second-order valence-electron chi connectivity index (χ2n) is 12.5. The molecule has 1 saturated carbocycles. The second-order valence-corrected chi connectivity index (χ2v) is 12.5. The third kappa shape index (κ3) is 6.72. The average Bonchev–Trinajstić information content (AvgIpc) is 3.39. The molecule has 37 heavy (non-hydrogen) atoms. The van der Waals surface area contributed by atoms with Crippen LogP contribution < -0.4 is 5.32 Å². The van der Waals surface area contributed by atoms with Crippen molar-refractivity contribution in [3.8, 4) is 0 Å². The molecule has 0 unspecified atom stereocenters. The maximum atomic E-state index is 13.5. The standard InChI is InChI=1S/C28H47N5O4/c1-17(2)27(36)37-16-19-14-20(31(8)18(3)4)10-11-22(19)33-13-12-21(26(33)35)29-25(34)23-15-24(28(5,6)7)30-32(23)9/h15,17-22H,10-14,16H2,1-9H3,(H,29,34)/t19-,20+,21-,22-/m0/s1. The number of amides is 2. The molecule has 0 aromatic carbocycles. The van der Waals surface area contributed by atoms with E-state index in [1.807, 2.05) is 18.7 Å². The van der Waals surface area contributed by atoms with Crippen molar-refractivity contribution in [3.05, 3.63) is 17.5 Å². The fourth-order valence-electron chi connectivity index (χ4n) is 5.40. The number of aryl methyl sites for hydroxylation is 1. The molecule has 2 fully saturated rings. The van der Waals surface area contributed by atoms with Gasteiger partial charge in [0.1, 0.15) is 11.7 Å². The molecular weight excluding hydrogens is 470 g/mol. The first kappa shape index (κ1) is 29.1. The number of hydrogen-bond donors (Lipinski definition) is 1. The number of likely N-dealkylation sites (tertiary alicyclic amines) is 1. The van der Waals surface area contributed by atoms with E-state index in [4.69, 9.17) is 4.74 Å². The van der Waals surface area contributed by atoms with E-state index in [1.165, 1.54) is 0 Å². The Kier molecular flexibility index (Phi) is 9.09. The molecule has 9 heteroatoms. The number of ether oxygens (including phenoxy) is 1. The molecule has 1 aliphatic carbocycles. The van der Waals surface area contributed by atoms with Crippen LogP contribution in [0.5, 0.6) is 0 Å². The predicted octanol–water partition coefficient (Wildman–Crippen LogP) is 3.13. The number of carbonyl (C=O) groups is 3. The van der Waals surface area contributed by atoms with E-state index in [1.54, 1.807) is 17.8 Å². The normalized spacial score (nSPS) is 24.9. The lowest BCUT2D eigenvalue weighted by atomic mass is 9.80. The largest absolute Gasteiger partial charge is 0.465 e. The second kappa shape index (κ2) is 11.5. The third-order valence-corrected chi connectivity index (χ3v) is 8.04. The van der Waals surface area contributed by atoms with Crippen LogP contribution in [-0.2, 0) is 26.8 Å². The van der Waals surface area contributed by atoms with Gasteiger partial charge in [-0.3, -0.25) is 19.1 Å². The summed E-state index contributed by atoms with van der Waals surface area (Å²) in [5.74, 6) is -0.660. The predicted molar refractivity (Wildman–Crippen MR) is 143 cm³/mol. The Morgan fingerprint density at radius 2 is 1.86 bits per heavy atom. The van der Waals surface area contributed by atoms with Gasteiger partial charge in [0, 0.05) is 43.1 Å². The molecule has 1 aromatic rings. The van der Waals surface area contributed by atoms with Crippen molar-refractivity contribution in [1.82, 2.24) is 24.9 Å². The fraction of sp³-hybridized carbons (Fsp3) is 0.786. The molecule has 2 heterocycles. The van der Waals surface area contributed by atoms with E-state index in [9.17, 15) is 14.4 Å². The van der Waals surface area contributed by atoms with Crippen molar-refractivity contribution in [2.24, 2.45) is 18.9 Å². The van der Waals surface area contributed by atoms with E-state index in [0.29, 0.717) is 37.4 Å². The number of aromatic nitrogens is 2. The van der Waals surface area contributed by atoms with Gasteiger partial charge in [-0.1, -0.05) is 34.6 Å². The molecule has 0 radical (unpaired) electrons. The van der Waals surface area contributed by atoms with Gasteiger partial charge in [-0.25, -0.2) is 0 Å². The minimum Gasteiger partial charge on any atom is -0.465 e. The summed E-state index contributed by atoms with van der Waals surface area (Å²) in [7, 11) is 3.89. The lowest BCUT2D eigenvalue weighted by molar-refractivity contribution is -0.150. The summed E-state index contributed by atoms with van der Waals surface area (Å²) in [6.07, 6.45) is 3.28. The van der Waals surface area contributed by atoms with Crippen molar-refractivity contribution in [1.29, 1.82) is 0 Å². The summed E-state index contributed by atoms with van der Waals surface area (Å²) in [5.41, 5.74) is 1.11. The highest BCUT2D eigenvalue weighted by atomic mass is 16.5. The highest BCUT2D eigenvalue weighted by Gasteiger charge is 2.43. The van der Waals surface area contributed by atoms with Crippen molar-refractivity contribution in [2.75, 3.05) is 20.2 Å². The Hall–Kier alpha value is -2.42. The Balaban J connectivity index is 1.71. The molecule has 1 aliphatic heterocycles. The molecular formula is C28H47N5O4. The molecule has 0 spiro atoms. The zero-order valence-corrected chi connectivity index (χ0v) is 24.2. The van der Waals surface area contributed by atoms with Crippen LogP contribution in [0.25, 0.3) is 0 Å². The molecule has 2 amide bonds. The molecule has 9 nitrogen and oxygen atoms in total. The molecule has 0 bridgehead atoms. The van der Waals surface area contributed by atoms with Gasteiger partial charge < -0.3 is 19.9 Å². The highest BCUT2D eigenvalue weighted by Crippen LogP contribution is 2.34. The smallest absolute Gasteiger partial charge is 0.308 e. The van der Waals surface area contributed by atoms with Crippen LogP contribution in [-0.4, -0.2) is 81.7 Å². The zero-order valence-electron chi connectivity index (χ0n) is 24.2. The number of esters is 1. The first-order chi connectivity index (χ1) is 17.2. The minimum atomic E-state index is -0.560. The molecule has 1 aromatic heterocycles. The van der Waals surface area contributed by atoms with Crippen LogP contribution in [0, 0.1) is 11.8 Å². The summed E-state index contributed by atoms with van der Waals surface area (Å²) in [5, 5.41) is 7.45. The number of nitrogens with zero attached hydrogens (tertiary/aromatic N) is 4. The quantitative estimate of drug-likeness (QED) is 0.532. The van der Waals surface area contributed by atoms with Crippen LogP contribution in [0.2, 0.25) is 0 Å². The van der Waals surface area contributed by atoms with Gasteiger partial charge >= 0.3 is 5.97 Å². The molecule has 1 N–H and O–H groups in total. The Labute approximate surface area is 222 Å². The Morgan fingerprint density at radius 1 is 1.19 bits per heavy atom. The third-order valence-electron chi connectivity index (χ3n) is 8.04. The number of hydrogen-bond acceptors (Lipinski definition) is 6.